The number of alkyl halides is 3. The van der Waals surface area contributed by atoms with Gasteiger partial charge in [0, 0.05) is 16.1 Å². The fourth-order valence-electron chi connectivity index (χ4n) is 1.74. The summed E-state index contributed by atoms with van der Waals surface area (Å²) in [6.45, 7) is 1.79. The highest BCUT2D eigenvalue weighted by Crippen LogP contribution is 2.25. The van der Waals surface area contributed by atoms with E-state index in [9.17, 15) is 18.0 Å². The maximum absolute atomic E-state index is 12.2. The first-order valence-electron chi connectivity index (χ1n) is 5.93. The zero-order chi connectivity index (χ0) is 15.6. The molecule has 0 fully saturated rings. The van der Waals surface area contributed by atoms with Crippen molar-refractivity contribution < 1.29 is 22.7 Å². The Morgan fingerprint density at radius 1 is 1.10 bits per heavy atom. The second kappa shape index (κ2) is 5.77. The van der Waals surface area contributed by atoms with E-state index in [4.69, 9.17) is 11.6 Å². The van der Waals surface area contributed by atoms with Crippen molar-refractivity contribution in [2.24, 2.45) is 0 Å². The summed E-state index contributed by atoms with van der Waals surface area (Å²) >= 11 is 5.94. The van der Waals surface area contributed by atoms with Crippen molar-refractivity contribution in [1.82, 2.24) is 0 Å². The Morgan fingerprint density at radius 2 is 1.76 bits per heavy atom. The van der Waals surface area contributed by atoms with Crippen molar-refractivity contribution in [2.75, 3.05) is 0 Å². The topological polar surface area (TPSA) is 26.3 Å². The first-order valence-corrected chi connectivity index (χ1v) is 6.31. The first kappa shape index (κ1) is 15.4. The molecule has 2 nitrogen and oxygen atoms in total. The molecule has 0 bridgehead atoms. The number of ether oxygens (including phenoxy) is 1. The summed E-state index contributed by atoms with van der Waals surface area (Å²) < 4.78 is 40.3. The lowest BCUT2D eigenvalue weighted by Crippen LogP contribution is -2.17. The van der Waals surface area contributed by atoms with Gasteiger partial charge in [0.05, 0.1) is 0 Å². The quantitative estimate of drug-likeness (QED) is 0.762. The zero-order valence-electron chi connectivity index (χ0n) is 10.9. The Hall–Kier alpha value is -2.01. The van der Waals surface area contributed by atoms with Crippen LogP contribution in [0.5, 0.6) is 5.75 Å². The predicted molar refractivity (Wildman–Crippen MR) is 72.7 cm³/mol. The molecule has 6 heteroatoms. The van der Waals surface area contributed by atoms with Gasteiger partial charge in [-0.2, -0.15) is 0 Å². The van der Waals surface area contributed by atoms with Gasteiger partial charge in [-0.05, 0) is 30.7 Å². The number of halogens is 4. The average molecular weight is 315 g/mol. The standard InChI is InChI=1S/C15H10ClF3O2/c1-9-5-6-11(8-13(9)16)14(20)10-3-2-4-12(7-10)21-15(17,18)19/h2-8H,1H3. The van der Waals surface area contributed by atoms with Crippen molar-refractivity contribution in [3.63, 3.8) is 0 Å². The number of aryl methyl sites for hydroxylation is 1. The number of hydrogen-bond donors (Lipinski definition) is 0. The summed E-state index contributed by atoms with van der Waals surface area (Å²) in [5.74, 6) is -0.865. The van der Waals surface area contributed by atoms with E-state index in [0.29, 0.717) is 10.6 Å². The minimum Gasteiger partial charge on any atom is -0.406 e. The summed E-state index contributed by atoms with van der Waals surface area (Å²) in [6, 6.07) is 9.64. The molecule has 0 spiro atoms. The second-order valence-electron chi connectivity index (χ2n) is 4.37. The van der Waals surface area contributed by atoms with E-state index in [1.807, 2.05) is 0 Å². The van der Waals surface area contributed by atoms with Crippen LogP contribution in [0.1, 0.15) is 21.5 Å². The molecule has 0 aromatic heterocycles. The molecular weight excluding hydrogens is 305 g/mol. The molecule has 0 saturated heterocycles. The van der Waals surface area contributed by atoms with Gasteiger partial charge in [0.1, 0.15) is 5.75 Å². The van der Waals surface area contributed by atoms with Crippen LogP contribution in [-0.4, -0.2) is 12.1 Å². The molecule has 0 unspecified atom stereocenters. The van der Waals surface area contributed by atoms with Gasteiger partial charge in [-0.3, -0.25) is 4.79 Å². The van der Waals surface area contributed by atoms with Crippen LogP contribution in [0.15, 0.2) is 42.5 Å². The minimum atomic E-state index is -4.80. The van der Waals surface area contributed by atoms with Gasteiger partial charge in [0.2, 0.25) is 0 Å². The number of hydrogen-bond acceptors (Lipinski definition) is 2. The molecule has 2 aromatic rings. The van der Waals surface area contributed by atoms with E-state index in [1.165, 1.54) is 18.2 Å². The molecule has 0 amide bonds. The number of rotatable bonds is 3. The van der Waals surface area contributed by atoms with Crippen molar-refractivity contribution in [2.45, 2.75) is 13.3 Å². The molecule has 2 aromatic carbocycles. The van der Waals surface area contributed by atoms with Crippen LogP contribution >= 0.6 is 11.6 Å². The van der Waals surface area contributed by atoms with Crippen LogP contribution in [0.3, 0.4) is 0 Å². The van der Waals surface area contributed by atoms with Crippen LogP contribution in [0.2, 0.25) is 5.02 Å². The molecule has 0 aliphatic carbocycles. The van der Waals surface area contributed by atoms with E-state index < -0.39 is 17.9 Å². The third-order valence-electron chi connectivity index (χ3n) is 2.76. The zero-order valence-corrected chi connectivity index (χ0v) is 11.6. The molecule has 0 aliphatic rings. The number of ketones is 1. The molecular formula is C15H10ClF3O2. The molecule has 110 valence electrons. The van der Waals surface area contributed by atoms with Gasteiger partial charge in [0.15, 0.2) is 5.78 Å². The van der Waals surface area contributed by atoms with E-state index >= 15 is 0 Å². The Labute approximate surface area is 124 Å². The highest BCUT2D eigenvalue weighted by atomic mass is 35.5. The molecule has 0 radical (unpaired) electrons. The summed E-state index contributed by atoms with van der Waals surface area (Å²) in [5.41, 5.74) is 1.20. The monoisotopic (exact) mass is 314 g/mol. The maximum Gasteiger partial charge on any atom is 0.573 e. The van der Waals surface area contributed by atoms with Crippen LogP contribution in [0.4, 0.5) is 13.2 Å². The Morgan fingerprint density at radius 3 is 2.38 bits per heavy atom. The Bertz CT molecular complexity index is 681. The van der Waals surface area contributed by atoms with Crippen molar-refractivity contribution >= 4 is 17.4 Å². The number of carbonyl (C=O) groups excluding carboxylic acids is 1. The lowest BCUT2D eigenvalue weighted by molar-refractivity contribution is -0.274. The summed E-state index contributed by atoms with van der Waals surface area (Å²) in [4.78, 5) is 12.2. The third-order valence-corrected chi connectivity index (χ3v) is 3.17. The van der Waals surface area contributed by atoms with Crippen LogP contribution in [0, 0.1) is 6.92 Å². The van der Waals surface area contributed by atoms with E-state index in [-0.39, 0.29) is 5.56 Å². The van der Waals surface area contributed by atoms with Crippen LogP contribution in [0.25, 0.3) is 0 Å². The molecule has 21 heavy (non-hydrogen) atoms. The average Bonchev–Trinajstić information content (AvgIpc) is 2.39. The smallest absolute Gasteiger partial charge is 0.406 e. The fourth-order valence-corrected chi connectivity index (χ4v) is 1.92. The van der Waals surface area contributed by atoms with Crippen LogP contribution in [-0.2, 0) is 0 Å². The third kappa shape index (κ3) is 3.98. The van der Waals surface area contributed by atoms with E-state index in [0.717, 1.165) is 17.7 Å². The van der Waals surface area contributed by atoms with Gasteiger partial charge < -0.3 is 4.74 Å². The van der Waals surface area contributed by atoms with Gasteiger partial charge in [-0.1, -0.05) is 35.9 Å². The number of benzene rings is 2. The largest absolute Gasteiger partial charge is 0.573 e. The Kier molecular flexibility index (Phi) is 4.23. The molecule has 0 saturated carbocycles. The summed E-state index contributed by atoms with van der Waals surface area (Å²) in [6.07, 6.45) is -4.80. The molecule has 0 N–H and O–H groups in total. The van der Waals surface area contributed by atoms with Gasteiger partial charge in [-0.25, -0.2) is 0 Å². The predicted octanol–water partition coefficient (Wildman–Crippen LogP) is 4.78. The normalized spacial score (nSPS) is 11.3. The molecule has 0 atom stereocenters. The minimum absolute atomic E-state index is 0.0941. The maximum atomic E-state index is 12.2. The fraction of sp³-hybridized carbons (Fsp3) is 0.133. The van der Waals surface area contributed by atoms with Gasteiger partial charge in [-0.15, -0.1) is 13.2 Å². The second-order valence-corrected chi connectivity index (χ2v) is 4.78. The van der Waals surface area contributed by atoms with Gasteiger partial charge >= 0.3 is 6.36 Å². The lowest BCUT2D eigenvalue weighted by atomic mass is 10.0. The van der Waals surface area contributed by atoms with Crippen molar-refractivity contribution in [3.05, 3.63) is 64.2 Å². The van der Waals surface area contributed by atoms with Crippen molar-refractivity contribution in [1.29, 1.82) is 0 Å². The first-order chi connectivity index (χ1) is 9.76. The van der Waals surface area contributed by atoms with E-state index in [1.54, 1.807) is 19.1 Å². The lowest BCUT2D eigenvalue weighted by Gasteiger charge is -2.10. The summed E-state index contributed by atoms with van der Waals surface area (Å²) in [7, 11) is 0. The highest BCUT2D eigenvalue weighted by Gasteiger charge is 2.31. The molecule has 2 rings (SSSR count). The van der Waals surface area contributed by atoms with Gasteiger partial charge in [0.25, 0.3) is 0 Å². The highest BCUT2D eigenvalue weighted by molar-refractivity contribution is 6.31. The number of carbonyl (C=O) groups is 1. The Balaban J connectivity index is 2.31. The molecule has 0 aliphatic heterocycles. The summed E-state index contributed by atoms with van der Waals surface area (Å²) in [5, 5.41) is 0.420. The molecule has 0 heterocycles. The SMILES string of the molecule is Cc1ccc(C(=O)c2cccc(OC(F)(F)F)c2)cc1Cl. The van der Waals surface area contributed by atoms with Crippen LogP contribution < -0.4 is 4.74 Å². The van der Waals surface area contributed by atoms with Crippen molar-refractivity contribution in [3.8, 4) is 5.75 Å². The van der Waals surface area contributed by atoms with E-state index in [2.05, 4.69) is 4.74 Å².